The molecule has 24 nitrogen and oxygen atoms in total. The highest BCUT2D eigenvalue weighted by Gasteiger charge is 2.38. The molecule has 0 spiro atoms. The quantitative estimate of drug-likeness (QED) is 0.0489. The molecule has 59 heavy (non-hydrogen) atoms. The van der Waals surface area contributed by atoms with Crippen LogP contribution in [0.1, 0.15) is 25.3 Å². The van der Waals surface area contributed by atoms with Crippen molar-refractivity contribution < 1.29 is 71.0 Å². The van der Waals surface area contributed by atoms with Gasteiger partial charge >= 0.3 is 0 Å². The zero-order valence-electron chi connectivity index (χ0n) is 30.1. The van der Waals surface area contributed by atoms with Gasteiger partial charge in [0.2, 0.25) is 11.8 Å². The predicted octanol–water partition coefficient (Wildman–Crippen LogP) is -0.569. The van der Waals surface area contributed by atoms with E-state index in [2.05, 4.69) is 15.5 Å². The second-order valence-corrected chi connectivity index (χ2v) is 17.9. The van der Waals surface area contributed by atoms with Gasteiger partial charge in [0.15, 0.2) is 5.71 Å². The van der Waals surface area contributed by atoms with Crippen LogP contribution in [0.2, 0.25) is 0 Å². The number of likely N-dealkylation sites (tertiary alicyclic amines) is 1. The molecule has 1 unspecified atom stereocenters. The van der Waals surface area contributed by atoms with E-state index in [1.54, 1.807) is 0 Å². The number of aromatic nitrogens is 2. The van der Waals surface area contributed by atoms with Crippen LogP contribution in [-0.2, 0) is 54.9 Å². The van der Waals surface area contributed by atoms with Crippen LogP contribution in [-0.4, -0.2) is 110 Å². The zero-order valence-corrected chi connectivity index (χ0v) is 33.3. The van der Waals surface area contributed by atoms with Crippen molar-refractivity contribution in [2.24, 2.45) is 10.8 Å². The number of benzene rings is 2. The summed E-state index contributed by atoms with van der Waals surface area (Å²) in [5, 5.41) is 8.75. The predicted molar refractivity (Wildman–Crippen MR) is 202 cm³/mol. The third kappa shape index (κ3) is 9.40. The summed E-state index contributed by atoms with van der Waals surface area (Å²) in [7, 11) is -19.2. The van der Waals surface area contributed by atoms with Gasteiger partial charge in [0, 0.05) is 25.7 Å². The summed E-state index contributed by atoms with van der Waals surface area (Å²) in [6.45, 7) is 1.41. The molecular formula is C31H31N7O17S4. The minimum absolute atomic E-state index is 0.0421. The maximum Gasteiger partial charge on any atom is 0.296 e. The molecule has 2 aliphatic rings. The largest absolute Gasteiger partial charge is 0.459 e. The van der Waals surface area contributed by atoms with Crippen molar-refractivity contribution in [3.8, 4) is 11.6 Å². The summed E-state index contributed by atoms with van der Waals surface area (Å²) in [4.78, 5) is 50.9. The molecule has 316 valence electrons. The standard InChI is InChI=1S/C31H31N7O17S4/c1-16(32)55-29-21(31(42)38(35-29)23-15-19(57(46,47)48)8-12-25(23)59(52,53)54)10-6-17(36-13-3-4-26(36)39)5-9-20-27(28(40)33-2)34-37(30(20)41)22-14-18(56(43,44)45)7-11-24(22)58(49,50)51/h5-12,14-16,35H,3-4,13,32H2,1-2H3,(H,33,40)(H,43,44,45)(H,46,47,48)(H,49,50,51)(H,52,53,54). The maximum atomic E-state index is 13.9. The van der Waals surface area contributed by atoms with E-state index in [1.165, 1.54) is 11.8 Å². The van der Waals surface area contributed by atoms with Crippen LogP contribution in [0, 0.1) is 0 Å². The number of anilines is 1. The molecule has 0 aliphatic carbocycles. The van der Waals surface area contributed by atoms with E-state index in [0.717, 1.165) is 31.4 Å². The van der Waals surface area contributed by atoms with Crippen LogP contribution in [0.5, 0.6) is 5.88 Å². The monoisotopic (exact) mass is 901 g/mol. The number of nitrogens with two attached hydrogens (primary N) is 1. The molecule has 2 aliphatic heterocycles. The highest BCUT2D eigenvalue weighted by atomic mass is 32.2. The van der Waals surface area contributed by atoms with Crippen molar-refractivity contribution in [1.82, 2.24) is 20.0 Å². The summed E-state index contributed by atoms with van der Waals surface area (Å²) in [6, 6.07) is 3.49. The van der Waals surface area contributed by atoms with Gasteiger partial charge in [-0.3, -0.25) is 48.2 Å². The van der Waals surface area contributed by atoms with Crippen LogP contribution >= 0.6 is 0 Å². The van der Waals surface area contributed by atoms with Crippen molar-refractivity contribution in [3.63, 3.8) is 0 Å². The van der Waals surface area contributed by atoms with E-state index in [-0.39, 0.29) is 23.7 Å². The van der Waals surface area contributed by atoms with Gasteiger partial charge in [0.25, 0.3) is 57.8 Å². The Bertz CT molecular complexity index is 2950. The van der Waals surface area contributed by atoms with Gasteiger partial charge in [0.05, 0.1) is 26.7 Å². The second-order valence-electron chi connectivity index (χ2n) is 12.3. The van der Waals surface area contributed by atoms with Gasteiger partial charge in [0.1, 0.15) is 21.6 Å². The van der Waals surface area contributed by atoms with Crippen LogP contribution in [0.25, 0.3) is 11.8 Å². The van der Waals surface area contributed by atoms with E-state index in [0.29, 0.717) is 47.5 Å². The van der Waals surface area contributed by atoms with Crippen LogP contribution in [0.15, 0.2) is 95.4 Å². The molecule has 1 aromatic heterocycles. The van der Waals surface area contributed by atoms with Gasteiger partial charge in [-0.15, -0.1) is 0 Å². The number of hydrogen-bond acceptors (Lipinski definition) is 15. The second kappa shape index (κ2) is 16.1. The smallest absolute Gasteiger partial charge is 0.296 e. The molecule has 0 bridgehead atoms. The Hall–Kier alpha value is -5.85. The average molecular weight is 902 g/mol. The fraction of sp³-hybridized carbons (Fsp3) is 0.194. The summed E-state index contributed by atoms with van der Waals surface area (Å²) < 4.78 is 141. The fourth-order valence-electron chi connectivity index (χ4n) is 5.62. The first-order chi connectivity index (χ1) is 27.2. The number of hydrazone groups is 1. The summed E-state index contributed by atoms with van der Waals surface area (Å²) in [6.07, 6.45) is 3.48. The minimum atomic E-state index is -5.20. The lowest BCUT2D eigenvalue weighted by Gasteiger charge is -2.17. The lowest BCUT2D eigenvalue weighted by molar-refractivity contribution is -0.125. The van der Waals surface area contributed by atoms with Gasteiger partial charge in [-0.1, -0.05) is 0 Å². The Kier molecular flexibility index (Phi) is 12.1. The molecule has 3 aromatic rings. The van der Waals surface area contributed by atoms with E-state index >= 15 is 0 Å². The molecule has 5 rings (SSSR count). The van der Waals surface area contributed by atoms with Crippen molar-refractivity contribution in [2.45, 2.75) is 45.6 Å². The van der Waals surface area contributed by atoms with Gasteiger partial charge in [-0.2, -0.15) is 43.8 Å². The van der Waals surface area contributed by atoms with Crippen molar-refractivity contribution in [2.75, 3.05) is 18.6 Å². The lowest BCUT2D eigenvalue weighted by atomic mass is 10.1. The number of nitrogens with one attached hydrogen (secondary N) is 2. The van der Waals surface area contributed by atoms with Crippen LogP contribution in [0.3, 0.4) is 0 Å². The number of ether oxygens (including phenoxy) is 1. The molecule has 3 amide bonds. The Balaban J connectivity index is 1.70. The Labute approximate surface area is 333 Å². The van der Waals surface area contributed by atoms with Gasteiger partial charge in [-0.05, 0) is 74.0 Å². The normalized spacial score (nSPS) is 17.0. The molecule has 2 aromatic carbocycles. The molecular weight excluding hydrogens is 871 g/mol. The summed E-state index contributed by atoms with van der Waals surface area (Å²) in [5.41, 5.74) is 1.15. The van der Waals surface area contributed by atoms with Crippen LogP contribution in [0.4, 0.5) is 5.69 Å². The number of aromatic amines is 1. The Morgan fingerprint density at radius 3 is 1.95 bits per heavy atom. The van der Waals surface area contributed by atoms with Crippen LogP contribution < -0.4 is 26.4 Å². The SMILES string of the molecule is CNC(=O)C1=NN(c2cc(S(=O)(=O)O)ccc2S(=O)(=O)O)C(=O)C1=CC=C(C=Cc1c(OC(C)N)[nH]n(-c2cc(S(=O)(=O)O)ccc2S(=O)(=O)O)c1=O)N1CCCC1=O. The van der Waals surface area contributed by atoms with E-state index in [9.17, 15) is 71.1 Å². The number of amides is 3. The average Bonchev–Trinajstić information content (AvgIpc) is 3.79. The summed E-state index contributed by atoms with van der Waals surface area (Å²) >= 11 is 0. The van der Waals surface area contributed by atoms with E-state index in [4.69, 9.17) is 10.5 Å². The first kappa shape index (κ1) is 44.3. The first-order valence-corrected chi connectivity index (χ1v) is 22.0. The molecule has 0 saturated carbocycles. The number of carbonyl (C=O) groups is 3. The highest BCUT2D eigenvalue weighted by Crippen LogP contribution is 2.33. The number of allylic oxidation sites excluding steroid dienone is 3. The first-order valence-electron chi connectivity index (χ1n) is 16.3. The maximum absolute atomic E-state index is 13.9. The highest BCUT2D eigenvalue weighted by molar-refractivity contribution is 7.87. The van der Waals surface area contributed by atoms with Crippen molar-refractivity contribution in [1.29, 1.82) is 0 Å². The molecule has 3 heterocycles. The van der Waals surface area contributed by atoms with Crippen molar-refractivity contribution in [3.05, 3.63) is 81.8 Å². The third-order valence-electron chi connectivity index (χ3n) is 8.22. The number of H-pyrrole nitrogens is 1. The molecule has 8 N–H and O–H groups in total. The van der Waals surface area contributed by atoms with E-state index in [1.807, 2.05) is 0 Å². The minimum Gasteiger partial charge on any atom is -0.459 e. The zero-order chi connectivity index (χ0) is 44.0. The van der Waals surface area contributed by atoms with Crippen molar-refractivity contribution >= 4 is 75.7 Å². The third-order valence-corrected chi connectivity index (χ3v) is 11.7. The molecule has 1 saturated heterocycles. The van der Waals surface area contributed by atoms with Gasteiger partial charge < -0.3 is 15.0 Å². The Morgan fingerprint density at radius 2 is 1.46 bits per heavy atom. The topological polar surface area (TPSA) is 373 Å². The molecule has 0 radical (unpaired) electrons. The lowest BCUT2D eigenvalue weighted by Crippen LogP contribution is -2.29. The summed E-state index contributed by atoms with van der Waals surface area (Å²) in [5.74, 6) is -3.21. The fourth-order valence-corrected chi connectivity index (χ4v) is 7.93. The molecule has 1 fully saturated rings. The Morgan fingerprint density at radius 1 is 0.898 bits per heavy atom. The number of nitrogens with zero attached hydrogens (tertiary/aromatic N) is 4. The molecule has 1 atom stereocenters. The van der Waals surface area contributed by atoms with E-state index < -0.39 is 124 Å². The number of carbonyl (C=O) groups excluding carboxylic acids is 3. The number of hydrogen-bond donors (Lipinski definition) is 7. The van der Waals surface area contributed by atoms with Gasteiger partial charge in [-0.25, -0.2) is 4.68 Å². The molecule has 28 heteroatoms. The number of rotatable bonds is 13.